The molecule has 1 aromatic carbocycles. The Morgan fingerprint density at radius 3 is 2.58 bits per heavy atom. The number of carbonyl (C=O) groups excluding carboxylic acids is 1. The van der Waals surface area contributed by atoms with Crippen molar-refractivity contribution in [3.8, 4) is 0 Å². The first kappa shape index (κ1) is 12.9. The number of amides is 1. The second-order valence-corrected chi connectivity index (χ2v) is 3.86. The topological polar surface area (TPSA) is 54.4 Å². The van der Waals surface area contributed by atoms with Crippen LogP contribution in [0.1, 0.15) is 23.0 Å². The number of hydrazone groups is 1. The molecule has 0 aliphatic heterocycles. The van der Waals surface area contributed by atoms with Gasteiger partial charge in [-0.25, -0.2) is 9.82 Å². The third-order valence-corrected chi connectivity index (χ3v) is 2.47. The van der Waals surface area contributed by atoms with Crippen molar-refractivity contribution in [3.63, 3.8) is 0 Å². The van der Waals surface area contributed by atoms with E-state index >= 15 is 0 Å². The van der Waals surface area contributed by atoms with Crippen LogP contribution in [0.25, 0.3) is 0 Å². The molecule has 0 saturated carbocycles. The van der Waals surface area contributed by atoms with Crippen LogP contribution < -0.4 is 5.43 Å². The molecule has 1 N–H and O–H groups in total. The highest BCUT2D eigenvalue weighted by atomic mass is 19.1. The summed E-state index contributed by atoms with van der Waals surface area (Å²) in [4.78, 5) is 15.8. The third-order valence-electron chi connectivity index (χ3n) is 2.47. The SMILES string of the molecule is C/C(=N/NC(=O)c1ccc(F)cc1)c1ccccn1. The zero-order valence-electron chi connectivity index (χ0n) is 10.3. The fourth-order valence-corrected chi connectivity index (χ4v) is 1.43. The van der Waals surface area contributed by atoms with Gasteiger partial charge < -0.3 is 0 Å². The maximum atomic E-state index is 12.7. The van der Waals surface area contributed by atoms with Crippen LogP contribution in [0.2, 0.25) is 0 Å². The van der Waals surface area contributed by atoms with E-state index in [1.54, 1.807) is 25.3 Å². The lowest BCUT2D eigenvalue weighted by Crippen LogP contribution is -2.19. The van der Waals surface area contributed by atoms with Crippen LogP contribution in [0, 0.1) is 5.82 Å². The van der Waals surface area contributed by atoms with Gasteiger partial charge in [0.1, 0.15) is 5.82 Å². The number of carbonyl (C=O) groups is 1. The highest BCUT2D eigenvalue weighted by Crippen LogP contribution is 2.02. The number of nitrogens with one attached hydrogen (secondary N) is 1. The van der Waals surface area contributed by atoms with E-state index in [1.165, 1.54) is 24.3 Å². The van der Waals surface area contributed by atoms with E-state index in [4.69, 9.17) is 0 Å². The summed E-state index contributed by atoms with van der Waals surface area (Å²) in [7, 11) is 0. The summed E-state index contributed by atoms with van der Waals surface area (Å²) in [5, 5.41) is 3.95. The second kappa shape index (κ2) is 5.86. The maximum absolute atomic E-state index is 12.7. The molecule has 1 heterocycles. The Morgan fingerprint density at radius 2 is 1.95 bits per heavy atom. The quantitative estimate of drug-likeness (QED) is 0.678. The van der Waals surface area contributed by atoms with Crippen molar-refractivity contribution in [1.29, 1.82) is 0 Å². The van der Waals surface area contributed by atoms with Crippen molar-refractivity contribution >= 4 is 11.6 Å². The summed E-state index contributed by atoms with van der Waals surface area (Å²) in [5.74, 6) is -0.778. The Bertz CT molecular complexity index is 594. The van der Waals surface area contributed by atoms with E-state index in [0.717, 1.165) is 0 Å². The minimum Gasteiger partial charge on any atom is -0.267 e. The molecule has 0 saturated heterocycles. The molecule has 4 nitrogen and oxygen atoms in total. The predicted octanol–water partition coefficient (Wildman–Crippen LogP) is 2.37. The first-order valence-electron chi connectivity index (χ1n) is 5.68. The summed E-state index contributed by atoms with van der Waals surface area (Å²) in [6.07, 6.45) is 1.65. The van der Waals surface area contributed by atoms with Gasteiger partial charge in [0.2, 0.25) is 0 Å². The van der Waals surface area contributed by atoms with E-state index in [2.05, 4.69) is 15.5 Å². The van der Waals surface area contributed by atoms with Gasteiger partial charge in [-0.15, -0.1) is 0 Å². The third kappa shape index (κ3) is 3.45. The largest absolute Gasteiger partial charge is 0.271 e. The number of rotatable bonds is 3. The Kier molecular flexibility index (Phi) is 3.97. The molecule has 0 radical (unpaired) electrons. The van der Waals surface area contributed by atoms with Gasteiger partial charge in [0.05, 0.1) is 11.4 Å². The zero-order valence-corrected chi connectivity index (χ0v) is 10.3. The number of hydrogen-bond acceptors (Lipinski definition) is 3. The number of aromatic nitrogens is 1. The van der Waals surface area contributed by atoms with E-state index in [1.807, 2.05) is 6.07 Å². The Hall–Kier alpha value is -2.56. The van der Waals surface area contributed by atoms with Crippen molar-refractivity contribution in [1.82, 2.24) is 10.4 Å². The van der Waals surface area contributed by atoms with Crippen LogP contribution in [0.15, 0.2) is 53.8 Å². The minimum atomic E-state index is -0.393. The average molecular weight is 257 g/mol. The number of nitrogens with zero attached hydrogens (tertiary/aromatic N) is 2. The molecule has 1 aromatic heterocycles. The Balaban J connectivity index is 2.06. The van der Waals surface area contributed by atoms with Crippen molar-refractivity contribution in [2.75, 3.05) is 0 Å². The molecule has 0 aliphatic rings. The highest BCUT2D eigenvalue weighted by molar-refractivity contribution is 5.99. The van der Waals surface area contributed by atoms with Crippen molar-refractivity contribution in [3.05, 3.63) is 65.7 Å². The number of pyridine rings is 1. The first-order valence-corrected chi connectivity index (χ1v) is 5.68. The van der Waals surface area contributed by atoms with Gasteiger partial charge in [0.25, 0.3) is 5.91 Å². The van der Waals surface area contributed by atoms with Crippen LogP contribution in [-0.2, 0) is 0 Å². The van der Waals surface area contributed by atoms with Crippen LogP contribution in [0.3, 0.4) is 0 Å². The summed E-state index contributed by atoms with van der Waals surface area (Å²) in [6.45, 7) is 1.74. The maximum Gasteiger partial charge on any atom is 0.271 e. The molecule has 96 valence electrons. The van der Waals surface area contributed by atoms with Gasteiger partial charge in [0, 0.05) is 11.8 Å². The zero-order chi connectivity index (χ0) is 13.7. The van der Waals surface area contributed by atoms with Crippen LogP contribution in [-0.4, -0.2) is 16.6 Å². The molecule has 0 aliphatic carbocycles. The summed E-state index contributed by atoms with van der Waals surface area (Å²) >= 11 is 0. The van der Waals surface area contributed by atoms with Crippen LogP contribution in [0.4, 0.5) is 4.39 Å². The lowest BCUT2D eigenvalue weighted by molar-refractivity contribution is 0.0955. The van der Waals surface area contributed by atoms with E-state index in [0.29, 0.717) is 17.0 Å². The van der Waals surface area contributed by atoms with Crippen molar-refractivity contribution in [2.24, 2.45) is 5.10 Å². The molecular weight excluding hydrogens is 245 g/mol. The lowest BCUT2D eigenvalue weighted by atomic mass is 10.2. The number of halogens is 1. The standard InChI is InChI=1S/C14H12FN3O/c1-10(13-4-2-3-9-16-13)17-18-14(19)11-5-7-12(15)8-6-11/h2-9H,1H3,(H,18,19)/b17-10-. The molecule has 0 atom stereocenters. The second-order valence-electron chi connectivity index (χ2n) is 3.86. The smallest absolute Gasteiger partial charge is 0.267 e. The molecule has 2 aromatic rings. The van der Waals surface area contributed by atoms with Crippen molar-refractivity contribution in [2.45, 2.75) is 6.92 Å². The fraction of sp³-hybridized carbons (Fsp3) is 0.0714. The minimum absolute atomic E-state index is 0.346. The normalized spacial score (nSPS) is 11.2. The van der Waals surface area contributed by atoms with E-state index in [9.17, 15) is 9.18 Å². The number of hydrogen-bond donors (Lipinski definition) is 1. The molecule has 0 bridgehead atoms. The molecule has 1 amide bonds. The van der Waals surface area contributed by atoms with Gasteiger partial charge >= 0.3 is 0 Å². The van der Waals surface area contributed by atoms with Crippen LogP contribution in [0.5, 0.6) is 0 Å². The van der Waals surface area contributed by atoms with Gasteiger partial charge in [-0.05, 0) is 43.3 Å². The summed E-state index contributed by atoms with van der Waals surface area (Å²) in [5.41, 5.74) is 4.03. The number of benzene rings is 1. The van der Waals surface area contributed by atoms with Gasteiger partial charge in [-0.1, -0.05) is 6.07 Å². The predicted molar refractivity (Wildman–Crippen MR) is 70.3 cm³/mol. The molecule has 2 rings (SSSR count). The van der Waals surface area contributed by atoms with Gasteiger partial charge in [-0.3, -0.25) is 9.78 Å². The molecule has 0 unspecified atom stereocenters. The lowest BCUT2D eigenvalue weighted by Gasteiger charge is -2.02. The van der Waals surface area contributed by atoms with E-state index in [-0.39, 0.29) is 5.82 Å². The molecule has 19 heavy (non-hydrogen) atoms. The van der Waals surface area contributed by atoms with Gasteiger partial charge in [-0.2, -0.15) is 5.10 Å². The Morgan fingerprint density at radius 1 is 1.21 bits per heavy atom. The molecule has 5 heteroatoms. The molecular formula is C14H12FN3O. The summed E-state index contributed by atoms with van der Waals surface area (Å²) in [6, 6.07) is 10.7. The molecule has 0 fully saturated rings. The van der Waals surface area contributed by atoms with E-state index < -0.39 is 5.91 Å². The van der Waals surface area contributed by atoms with Gasteiger partial charge in [0.15, 0.2) is 0 Å². The first-order chi connectivity index (χ1) is 9.16. The summed E-state index contributed by atoms with van der Waals surface area (Å²) < 4.78 is 12.7. The fourth-order valence-electron chi connectivity index (χ4n) is 1.43. The van der Waals surface area contributed by atoms with Crippen LogP contribution >= 0.6 is 0 Å². The average Bonchev–Trinajstić information content (AvgIpc) is 2.46. The Labute approximate surface area is 110 Å². The highest BCUT2D eigenvalue weighted by Gasteiger charge is 2.05. The van der Waals surface area contributed by atoms with Crippen molar-refractivity contribution < 1.29 is 9.18 Å². The molecule has 0 spiro atoms. The monoisotopic (exact) mass is 257 g/mol.